The normalized spacial score (nSPS) is 27.3. The molecule has 0 saturated heterocycles. The Hall–Kier alpha value is -1.64. The van der Waals surface area contributed by atoms with E-state index >= 15 is 0 Å². The summed E-state index contributed by atoms with van der Waals surface area (Å²) in [5.41, 5.74) is 2.23. The molecule has 162 valence electrons. The van der Waals surface area contributed by atoms with Gasteiger partial charge in [-0.1, -0.05) is 86.3 Å². The van der Waals surface area contributed by atoms with Gasteiger partial charge in [0, 0.05) is 12.0 Å². The van der Waals surface area contributed by atoms with Crippen molar-refractivity contribution in [2.24, 2.45) is 11.8 Å². The van der Waals surface area contributed by atoms with E-state index in [1.165, 1.54) is 36.8 Å². The molecule has 2 saturated carbocycles. The summed E-state index contributed by atoms with van der Waals surface area (Å²) in [4.78, 5) is 2.42. The minimum Gasteiger partial charge on any atom is -0.389 e. The van der Waals surface area contributed by atoms with Gasteiger partial charge in [0.25, 0.3) is 0 Å². The molecule has 0 aliphatic heterocycles. The molecule has 2 aliphatic rings. The van der Waals surface area contributed by atoms with Gasteiger partial charge in [0.15, 0.2) is 0 Å². The zero-order valence-corrected chi connectivity index (χ0v) is 18.9. The summed E-state index contributed by atoms with van der Waals surface area (Å²) < 4.78 is 0. The van der Waals surface area contributed by atoms with Crippen LogP contribution >= 0.6 is 0 Å². The predicted molar refractivity (Wildman–Crippen MR) is 125 cm³/mol. The lowest BCUT2D eigenvalue weighted by Crippen LogP contribution is -2.50. The highest BCUT2D eigenvalue weighted by Gasteiger charge is 2.46. The minimum absolute atomic E-state index is 0.0960. The molecule has 0 spiro atoms. The predicted octanol–water partition coefficient (Wildman–Crippen LogP) is 6.19. The highest BCUT2D eigenvalue weighted by Crippen LogP contribution is 2.48. The van der Waals surface area contributed by atoms with E-state index in [1.54, 1.807) is 0 Å². The molecule has 0 heterocycles. The highest BCUT2D eigenvalue weighted by molar-refractivity contribution is 5.26. The molecule has 2 aromatic carbocycles. The van der Waals surface area contributed by atoms with Gasteiger partial charge in [-0.15, -0.1) is 0 Å². The number of nitrogens with zero attached hydrogens (tertiary/aromatic N) is 1. The van der Waals surface area contributed by atoms with Crippen LogP contribution in [0.3, 0.4) is 0 Å². The maximum Gasteiger partial charge on any atom is 0.0718 e. The molecule has 2 aliphatic carbocycles. The van der Waals surface area contributed by atoms with Gasteiger partial charge in [-0.3, -0.25) is 4.90 Å². The number of rotatable bonds is 7. The third kappa shape index (κ3) is 4.50. The molecular formula is C28H39NO. The standard InChI is InChI=1S/C28H39NO/c1-29(2)27(25-15-7-4-8-16-25)19-17-26(18-20-27)28(30,22-24-13-9-10-14-24)21-23-11-5-3-6-12-23/h3-8,11-12,15-16,24,26,30H,9-10,13-14,17-22H2,1-2H3. The number of hydrogen-bond donors (Lipinski definition) is 1. The zero-order chi connectivity index (χ0) is 21.0. The van der Waals surface area contributed by atoms with Crippen LogP contribution in [0.5, 0.6) is 0 Å². The van der Waals surface area contributed by atoms with E-state index in [0.29, 0.717) is 11.8 Å². The summed E-state index contributed by atoms with van der Waals surface area (Å²) in [6, 6.07) is 21.7. The maximum atomic E-state index is 12.1. The monoisotopic (exact) mass is 405 g/mol. The summed E-state index contributed by atoms with van der Waals surface area (Å²) in [7, 11) is 4.45. The molecule has 2 fully saturated rings. The van der Waals surface area contributed by atoms with Gasteiger partial charge in [0.2, 0.25) is 0 Å². The Bertz CT molecular complexity index is 773. The Labute approximate surface area is 183 Å². The first-order valence-electron chi connectivity index (χ1n) is 12.0. The lowest BCUT2D eigenvalue weighted by molar-refractivity contribution is -0.0695. The van der Waals surface area contributed by atoms with E-state index < -0.39 is 5.60 Å². The third-order valence-corrected chi connectivity index (χ3v) is 8.21. The summed E-state index contributed by atoms with van der Waals surface area (Å²) in [5.74, 6) is 1.09. The first-order chi connectivity index (χ1) is 14.5. The molecule has 0 aromatic heterocycles. The van der Waals surface area contributed by atoms with E-state index in [4.69, 9.17) is 0 Å². The van der Waals surface area contributed by atoms with Crippen LogP contribution in [0.25, 0.3) is 0 Å². The van der Waals surface area contributed by atoms with Crippen molar-refractivity contribution >= 4 is 0 Å². The van der Waals surface area contributed by atoms with Crippen LogP contribution in [-0.4, -0.2) is 29.7 Å². The maximum absolute atomic E-state index is 12.1. The Kier molecular flexibility index (Phi) is 6.65. The molecule has 30 heavy (non-hydrogen) atoms. The Morgan fingerprint density at radius 3 is 2.00 bits per heavy atom. The van der Waals surface area contributed by atoms with Crippen molar-refractivity contribution < 1.29 is 5.11 Å². The highest BCUT2D eigenvalue weighted by atomic mass is 16.3. The van der Waals surface area contributed by atoms with Crippen LogP contribution in [-0.2, 0) is 12.0 Å². The second kappa shape index (κ2) is 9.24. The Morgan fingerprint density at radius 2 is 1.43 bits per heavy atom. The van der Waals surface area contributed by atoms with Crippen molar-refractivity contribution in [3.05, 3.63) is 71.8 Å². The lowest BCUT2D eigenvalue weighted by atomic mass is 9.64. The summed E-state index contributed by atoms with van der Waals surface area (Å²) in [6.07, 6.45) is 11.5. The number of aliphatic hydroxyl groups is 1. The average molecular weight is 406 g/mol. The first kappa shape index (κ1) is 21.6. The molecule has 0 bridgehead atoms. The van der Waals surface area contributed by atoms with E-state index in [0.717, 1.165) is 38.5 Å². The van der Waals surface area contributed by atoms with Gasteiger partial charge >= 0.3 is 0 Å². The zero-order valence-electron chi connectivity index (χ0n) is 18.9. The molecule has 0 radical (unpaired) electrons. The second-order valence-corrected chi connectivity index (χ2v) is 10.2. The lowest BCUT2D eigenvalue weighted by Gasteiger charge is -2.49. The minimum atomic E-state index is -0.578. The smallest absolute Gasteiger partial charge is 0.0718 e. The van der Waals surface area contributed by atoms with Crippen molar-refractivity contribution in [3.63, 3.8) is 0 Å². The van der Waals surface area contributed by atoms with Crippen LogP contribution < -0.4 is 0 Å². The molecule has 1 N–H and O–H groups in total. The Balaban J connectivity index is 1.54. The van der Waals surface area contributed by atoms with E-state index in [-0.39, 0.29) is 5.54 Å². The summed E-state index contributed by atoms with van der Waals surface area (Å²) in [6.45, 7) is 0. The Morgan fingerprint density at radius 1 is 0.867 bits per heavy atom. The summed E-state index contributed by atoms with van der Waals surface area (Å²) >= 11 is 0. The molecule has 2 aromatic rings. The molecule has 1 unspecified atom stereocenters. The van der Waals surface area contributed by atoms with Gasteiger partial charge in [-0.05, 0) is 69.2 Å². The fourth-order valence-corrected chi connectivity index (χ4v) is 6.42. The van der Waals surface area contributed by atoms with Crippen molar-refractivity contribution in [1.29, 1.82) is 0 Å². The molecule has 1 atom stereocenters. The third-order valence-electron chi connectivity index (χ3n) is 8.21. The molecule has 2 nitrogen and oxygen atoms in total. The molecule has 2 heteroatoms. The van der Waals surface area contributed by atoms with Gasteiger partial charge in [-0.25, -0.2) is 0 Å². The molecule has 0 amide bonds. The van der Waals surface area contributed by atoms with Crippen molar-refractivity contribution in [1.82, 2.24) is 4.90 Å². The van der Waals surface area contributed by atoms with Crippen molar-refractivity contribution in [2.45, 2.75) is 75.3 Å². The van der Waals surface area contributed by atoms with E-state index in [1.807, 2.05) is 0 Å². The van der Waals surface area contributed by atoms with Crippen molar-refractivity contribution in [3.8, 4) is 0 Å². The number of benzene rings is 2. The van der Waals surface area contributed by atoms with Crippen LogP contribution in [0.2, 0.25) is 0 Å². The fourth-order valence-electron chi connectivity index (χ4n) is 6.42. The summed E-state index contributed by atoms with van der Waals surface area (Å²) in [5, 5.41) is 12.1. The fraction of sp³-hybridized carbons (Fsp3) is 0.571. The van der Waals surface area contributed by atoms with Gasteiger partial charge < -0.3 is 5.11 Å². The number of hydrogen-bond acceptors (Lipinski definition) is 2. The topological polar surface area (TPSA) is 23.5 Å². The van der Waals surface area contributed by atoms with Crippen LogP contribution in [0.1, 0.15) is 68.9 Å². The van der Waals surface area contributed by atoms with Gasteiger partial charge in [-0.2, -0.15) is 0 Å². The van der Waals surface area contributed by atoms with Crippen LogP contribution in [0, 0.1) is 11.8 Å². The quantitative estimate of drug-likeness (QED) is 0.594. The largest absolute Gasteiger partial charge is 0.389 e. The molecular weight excluding hydrogens is 366 g/mol. The second-order valence-electron chi connectivity index (χ2n) is 10.2. The van der Waals surface area contributed by atoms with Crippen molar-refractivity contribution in [2.75, 3.05) is 14.1 Å². The first-order valence-corrected chi connectivity index (χ1v) is 12.0. The van der Waals surface area contributed by atoms with Crippen LogP contribution in [0.4, 0.5) is 0 Å². The van der Waals surface area contributed by atoms with Crippen LogP contribution in [0.15, 0.2) is 60.7 Å². The SMILES string of the molecule is CN(C)C1(c2ccccc2)CCC(C(O)(Cc2ccccc2)CC2CCCC2)CC1. The average Bonchev–Trinajstić information content (AvgIpc) is 3.27. The van der Waals surface area contributed by atoms with Gasteiger partial charge in [0.1, 0.15) is 0 Å². The molecule has 4 rings (SSSR count). The van der Waals surface area contributed by atoms with E-state index in [9.17, 15) is 5.11 Å². The van der Waals surface area contributed by atoms with E-state index in [2.05, 4.69) is 79.7 Å². The van der Waals surface area contributed by atoms with Gasteiger partial charge in [0.05, 0.1) is 5.60 Å².